The van der Waals surface area contributed by atoms with Crippen molar-refractivity contribution in [2.75, 3.05) is 12.3 Å². The number of nitrogens with zero attached hydrogens (tertiary/aromatic N) is 2. The maximum absolute atomic E-state index is 5.94. The lowest BCUT2D eigenvalue weighted by Gasteiger charge is -2.29. The third kappa shape index (κ3) is 3.66. The lowest BCUT2D eigenvalue weighted by atomic mass is 9.85. The van der Waals surface area contributed by atoms with Crippen LogP contribution in [-0.4, -0.2) is 16.6 Å². The van der Waals surface area contributed by atoms with E-state index in [0.29, 0.717) is 18.3 Å². The summed E-state index contributed by atoms with van der Waals surface area (Å²) in [5.41, 5.74) is 6.89. The maximum Gasteiger partial charge on any atom is 0.160 e. The van der Waals surface area contributed by atoms with Gasteiger partial charge in [-0.15, -0.1) is 0 Å². The van der Waals surface area contributed by atoms with Crippen molar-refractivity contribution < 1.29 is 4.74 Å². The summed E-state index contributed by atoms with van der Waals surface area (Å²) in [5.74, 6) is 1.88. The van der Waals surface area contributed by atoms with Gasteiger partial charge in [-0.2, -0.15) is 0 Å². The van der Waals surface area contributed by atoms with E-state index < -0.39 is 0 Å². The molecule has 0 spiro atoms. The van der Waals surface area contributed by atoms with Crippen molar-refractivity contribution in [2.45, 2.75) is 58.5 Å². The van der Waals surface area contributed by atoms with E-state index in [1.165, 1.54) is 32.1 Å². The number of nitrogens with two attached hydrogens (primary N) is 1. The highest BCUT2D eigenvalue weighted by molar-refractivity contribution is 5.30. The van der Waals surface area contributed by atoms with Gasteiger partial charge in [-0.05, 0) is 32.1 Å². The second-order valence-electron chi connectivity index (χ2n) is 5.27. The van der Waals surface area contributed by atoms with Crippen LogP contribution in [0.5, 0.6) is 0 Å². The van der Waals surface area contributed by atoms with Gasteiger partial charge in [0.1, 0.15) is 11.9 Å². The molecule has 4 heteroatoms. The van der Waals surface area contributed by atoms with Crippen LogP contribution in [0.1, 0.15) is 63.6 Å². The number of aromatic nitrogens is 2. The third-order valence-corrected chi connectivity index (χ3v) is 3.86. The minimum Gasteiger partial charge on any atom is -0.384 e. The van der Waals surface area contributed by atoms with Crippen molar-refractivity contribution in [2.24, 2.45) is 5.92 Å². The van der Waals surface area contributed by atoms with Gasteiger partial charge in [0, 0.05) is 18.4 Å². The van der Waals surface area contributed by atoms with Crippen LogP contribution in [0.4, 0.5) is 5.82 Å². The molecule has 0 amide bonds. The van der Waals surface area contributed by atoms with Crippen molar-refractivity contribution in [3.05, 3.63) is 17.6 Å². The largest absolute Gasteiger partial charge is 0.384 e. The van der Waals surface area contributed by atoms with Gasteiger partial charge in [0.25, 0.3) is 0 Å². The predicted octanol–water partition coefficient (Wildman–Crippen LogP) is 3.28. The Balaban J connectivity index is 2.24. The molecule has 0 aliphatic heterocycles. The highest BCUT2D eigenvalue weighted by Gasteiger charge is 2.28. The first-order valence-corrected chi connectivity index (χ1v) is 7.49. The van der Waals surface area contributed by atoms with Crippen LogP contribution < -0.4 is 5.73 Å². The molecule has 19 heavy (non-hydrogen) atoms. The van der Waals surface area contributed by atoms with Crippen molar-refractivity contribution in [1.29, 1.82) is 0 Å². The Hall–Kier alpha value is -1.16. The van der Waals surface area contributed by atoms with Crippen LogP contribution in [0.3, 0.4) is 0 Å². The van der Waals surface area contributed by atoms with Crippen LogP contribution in [-0.2, 0) is 11.2 Å². The Kier molecular flexibility index (Phi) is 5.14. The summed E-state index contributed by atoms with van der Waals surface area (Å²) in [6.45, 7) is 4.81. The Morgan fingerprint density at radius 1 is 1.26 bits per heavy atom. The van der Waals surface area contributed by atoms with Gasteiger partial charge in [0.15, 0.2) is 5.82 Å². The molecule has 0 bridgehead atoms. The van der Waals surface area contributed by atoms with Crippen LogP contribution in [0.25, 0.3) is 0 Å². The second-order valence-corrected chi connectivity index (χ2v) is 5.27. The van der Waals surface area contributed by atoms with Crippen LogP contribution >= 0.6 is 0 Å². The summed E-state index contributed by atoms with van der Waals surface area (Å²) >= 11 is 0. The molecular weight excluding hydrogens is 238 g/mol. The fourth-order valence-corrected chi connectivity index (χ4v) is 2.89. The molecule has 0 aromatic carbocycles. The number of aryl methyl sites for hydroxylation is 1. The molecule has 1 aromatic rings. The van der Waals surface area contributed by atoms with Crippen molar-refractivity contribution >= 4 is 5.82 Å². The zero-order valence-corrected chi connectivity index (χ0v) is 12.1. The average Bonchev–Trinajstić information content (AvgIpc) is 2.45. The number of rotatable bonds is 5. The number of anilines is 1. The topological polar surface area (TPSA) is 61.0 Å². The SMILES string of the molecule is CCOC(c1nc(N)cc(CC)n1)C1CCCCC1. The number of nitrogen functional groups attached to an aromatic ring is 1. The lowest BCUT2D eigenvalue weighted by Crippen LogP contribution is -2.22. The smallest absolute Gasteiger partial charge is 0.160 e. The molecule has 1 fully saturated rings. The third-order valence-electron chi connectivity index (χ3n) is 3.86. The first-order chi connectivity index (χ1) is 9.24. The van der Waals surface area contributed by atoms with Crippen LogP contribution in [0, 0.1) is 5.92 Å². The molecular formula is C15H25N3O. The van der Waals surface area contributed by atoms with E-state index in [4.69, 9.17) is 10.5 Å². The van der Waals surface area contributed by atoms with E-state index in [0.717, 1.165) is 17.9 Å². The Labute approximate surface area is 115 Å². The molecule has 1 aliphatic rings. The Bertz CT molecular complexity index is 402. The van der Waals surface area contributed by atoms with Crippen molar-refractivity contribution in [3.8, 4) is 0 Å². The van der Waals surface area contributed by atoms with Gasteiger partial charge >= 0.3 is 0 Å². The molecule has 1 unspecified atom stereocenters. The molecule has 0 saturated heterocycles. The highest BCUT2D eigenvalue weighted by atomic mass is 16.5. The standard InChI is InChI=1S/C15H25N3O/c1-3-12-10-13(16)18-15(17-12)14(19-4-2)11-8-6-5-7-9-11/h10-11,14H,3-9H2,1-2H3,(H2,16,17,18). The molecule has 2 rings (SSSR count). The van der Waals surface area contributed by atoms with E-state index in [1.807, 2.05) is 13.0 Å². The lowest BCUT2D eigenvalue weighted by molar-refractivity contribution is -0.000214. The van der Waals surface area contributed by atoms with Crippen molar-refractivity contribution in [1.82, 2.24) is 9.97 Å². The number of hydrogen-bond donors (Lipinski definition) is 1. The van der Waals surface area contributed by atoms with Crippen LogP contribution in [0.15, 0.2) is 6.07 Å². The van der Waals surface area contributed by atoms with E-state index >= 15 is 0 Å². The molecule has 1 aliphatic carbocycles. The van der Waals surface area contributed by atoms with Crippen LogP contribution in [0.2, 0.25) is 0 Å². The molecule has 106 valence electrons. The monoisotopic (exact) mass is 263 g/mol. The van der Waals surface area contributed by atoms with Gasteiger partial charge in [-0.25, -0.2) is 9.97 Å². The van der Waals surface area contributed by atoms with Gasteiger partial charge in [-0.1, -0.05) is 26.2 Å². The molecule has 4 nitrogen and oxygen atoms in total. The Morgan fingerprint density at radius 2 is 2.00 bits per heavy atom. The summed E-state index contributed by atoms with van der Waals surface area (Å²) in [6, 6.07) is 1.85. The summed E-state index contributed by atoms with van der Waals surface area (Å²) < 4.78 is 5.94. The van der Waals surface area contributed by atoms with Gasteiger partial charge in [-0.3, -0.25) is 0 Å². The van der Waals surface area contributed by atoms with E-state index in [2.05, 4.69) is 16.9 Å². The molecule has 1 atom stereocenters. The van der Waals surface area contributed by atoms with E-state index in [-0.39, 0.29) is 6.10 Å². The maximum atomic E-state index is 5.94. The molecule has 2 N–H and O–H groups in total. The highest BCUT2D eigenvalue weighted by Crippen LogP contribution is 2.35. The van der Waals surface area contributed by atoms with E-state index in [1.54, 1.807) is 0 Å². The van der Waals surface area contributed by atoms with E-state index in [9.17, 15) is 0 Å². The van der Waals surface area contributed by atoms with Gasteiger partial charge in [0.2, 0.25) is 0 Å². The first kappa shape index (κ1) is 14.3. The molecule has 1 heterocycles. The zero-order valence-electron chi connectivity index (χ0n) is 12.1. The Morgan fingerprint density at radius 3 is 2.63 bits per heavy atom. The van der Waals surface area contributed by atoms with Crippen molar-refractivity contribution in [3.63, 3.8) is 0 Å². The minimum atomic E-state index is 0.0131. The normalized spacial score (nSPS) is 18.4. The van der Waals surface area contributed by atoms with Gasteiger partial charge < -0.3 is 10.5 Å². The predicted molar refractivity (Wildman–Crippen MR) is 76.8 cm³/mol. The summed E-state index contributed by atoms with van der Waals surface area (Å²) in [7, 11) is 0. The number of hydrogen-bond acceptors (Lipinski definition) is 4. The fraction of sp³-hybridized carbons (Fsp3) is 0.733. The molecule has 1 aromatic heterocycles. The average molecular weight is 263 g/mol. The fourth-order valence-electron chi connectivity index (χ4n) is 2.89. The summed E-state index contributed by atoms with van der Waals surface area (Å²) in [5, 5.41) is 0. The summed E-state index contributed by atoms with van der Waals surface area (Å²) in [6.07, 6.45) is 7.23. The quantitative estimate of drug-likeness (QED) is 0.885. The first-order valence-electron chi connectivity index (χ1n) is 7.49. The zero-order chi connectivity index (χ0) is 13.7. The second kappa shape index (κ2) is 6.85. The minimum absolute atomic E-state index is 0.0131. The number of ether oxygens (including phenoxy) is 1. The van der Waals surface area contributed by atoms with Gasteiger partial charge in [0.05, 0.1) is 0 Å². The molecule has 1 saturated carbocycles. The summed E-state index contributed by atoms with van der Waals surface area (Å²) in [4.78, 5) is 9.05. The molecule has 0 radical (unpaired) electrons.